The van der Waals surface area contributed by atoms with E-state index in [0.717, 1.165) is 18.7 Å². The number of aromatic nitrogens is 3. The number of nitrogens with zero attached hydrogens (tertiary/aromatic N) is 3. The van der Waals surface area contributed by atoms with E-state index in [2.05, 4.69) is 15.0 Å². The van der Waals surface area contributed by atoms with Gasteiger partial charge in [0.15, 0.2) is 5.82 Å². The van der Waals surface area contributed by atoms with Crippen molar-refractivity contribution in [2.75, 3.05) is 13.1 Å². The lowest BCUT2D eigenvalue weighted by Crippen LogP contribution is -2.30. The number of rotatable bonds is 4. The van der Waals surface area contributed by atoms with Crippen LogP contribution in [0, 0.1) is 5.92 Å². The number of pyridine rings is 1. The van der Waals surface area contributed by atoms with Crippen molar-refractivity contribution in [3.63, 3.8) is 0 Å². The van der Waals surface area contributed by atoms with Crippen LogP contribution in [0.15, 0.2) is 35.3 Å². The second-order valence-corrected chi connectivity index (χ2v) is 7.77. The molecular formula is C21H26N4O2. The van der Waals surface area contributed by atoms with E-state index in [1.807, 2.05) is 23.1 Å². The topological polar surface area (TPSA) is 79.0 Å². The van der Waals surface area contributed by atoms with Gasteiger partial charge in [0.2, 0.25) is 5.91 Å². The van der Waals surface area contributed by atoms with Crippen LogP contribution in [-0.4, -0.2) is 38.8 Å². The summed E-state index contributed by atoms with van der Waals surface area (Å²) < 4.78 is 0. The van der Waals surface area contributed by atoms with Crippen molar-refractivity contribution in [2.45, 2.75) is 50.9 Å². The summed E-state index contributed by atoms with van der Waals surface area (Å²) in [5, 5.41) is 0. The summed E-state index contributed by atoms with van der Waals surface area (Å²) in [4.78, 5) is 38.4. The van der Waals surface area contributed by atoms with Crippen molar-refractivity contribution in [1.29, 1.82) is 0 Å². The predicted octanol–water partition coefficient (Wildman–Crippen LogP) is 3.12. The van der Waals surface area contributed by atoms with E-state index in [1.54, 1.807) is 12.3 Å². The third kappa shape index (κ3) is 4.26. The van der Waals surface area contributed by atoms with E-state index in [0.29, 0.717) is 30.4 Å². The number of H-pyrrole nitrogens is 1. The summed E-state index contributed by atoms with van der Waals surface area (Å²) in [7, 11) is 0. The molecule has 0 spiro atoms. The number of amides is 1. The Hall–Kier alpha value is -2.50. The number of hydrogen-bond donors (Lipinski definition) is 1. The maximum Gasteiger partial charge on any atom is 0.251 e. The van der Waals surface area contributed by atoms with Gasteiger partial charge in [0.05, 0.1) is 5.69 Å². The van der Waals surface area contributed by atoms with Crippen LogP contribution in [-0.2, 0) is 4.79 Å². The number of aromatic amines is 1. The van der Waals surface area contributed by atoms with Crippen LogP contribution in [0.4, 0.5) is 0 Å². The molecule has 2 aliphatic rings. The zero-order chi connectivity index (χ0) is 18.6. The van der Waals surface area contributed by atoms with Crippen LogP contribution >= 0.6 is 0 Å². The Labute approximate surface area is 159 Å². The molecule has 0 aromatic carbocycles. The minimum atomic E-state index is -0.173. The first-order valence-corrected chi connectivity index (χ1v) is 9.99. The molecule has 2 aromatic heterocycles. The molecular weight excluding hydrogens is 340 g/mol. The molecule has 1 saturated heterocycles. The highest BCUT2D eigenvalue weighted by Gasteiger charge is 2.30. The number of likely N-dealkylation sites (tertiary alicyclic amines) is 1. The quantitative estimate of drug-likeness (QED) is 0.902. The number of nitrogens with one attached hydrogen (secondary N) is 1. The number of carbonyl (C=O) groups excluding carboxylic acids is 1. The van der Waals surface area contributed by atoms with E-state index in [4.69, 9.17) is 0 Å². The molecule has 1 atom stereocenters. The van der Waals surface area contributed by atoms with Crippen LogP contribution < -0.4 is 5.56 Å². The lowest BCUT2D eigenvalue weighted by Gasteiger charge is -2.24. The Bertz CT molecular complexity index is 843. The maximum atomic E-state index is 12.7. The van der Waals surface area contributed by atoms with Gasteiger partial charge in [0.1, 0.15) is 5.69 Å². The molecule has 1 unspecified atom stereocenters. The highest BCUT2D eigenvalue weighted by atomic mass is 16.2. The summed E-state index contributed by atoms with van der Waals surface area (Å²) in [6.45, 7) is 1.41. The minimum absolute atomic E-state index is 0.116. The van der Waals surface area contributed by atoms with Crippen molar-refractivity contribution in [3.05, 3.63) is 46.5 Å². The molecule has 6 heteroatoms. The molecule has 1 aliphatic carbocycles. The van der Waals surface area contributed by atoms with Gasteiger partial charge < -0.3 is 9.88 Å². The van der Waals surface area contributed by atoms with Crippen molar-refractivity contribution in [2.24, 2.45) is 5.92 Å². The molecule has 142 valence electrons. The molecule has 1 aliphatic heterocycles. The summed E-state index contributed by atoms with van der Waals surface area (Å²) in [6.07, 6.45) is 9.41. The zero-order valence-corrected chi connectivity index (χ0v) is 15.6. The SMILES string of the molecule is O=C(CC1CCCCC1)N1CCC(c2cc(=O)[nH]c(-c3ccccn3)n2)C1. The van der Waals surface area contributed by atoms with Gasteiger partial charge in [-0.25, -0.2) is 4.98 Å². The van der Waals surface area contributed by atoms with Crippen molar-refractivity contribution in [1.82, 2.24) is 19.9 Å². The summed E-state index contributed by atoms with van der Waals surface area (Å²) in [5.41, 5.74) is 1.24. The largest absolute Gasteiger partial charge is 0.342 e. The number of hydrogen-bond acceptors (Lipinski definition) is 4. The average molecular weight is 366 g/mol. The van der Waals surface area contributed by atoms with Crippen LogP contribution in [0.2, 0.25) is 0 Å². The smallest absolute Gasteiger partial charge is 0.251 e. The van der Waals surface area contributed by atoms with E-state index in [9.17, 15) is 9.59 Å². The first-order chi connectivity index (χ1) is 13.2. The first-order valence-electron chi connectivity index (χ1n) is 9.99. The van der Waals surface area contributed by atoms with Crippen molar-refractivity contribution >= 4 is 5.91 Å². The van der Waals surface area contributed by atoms with E-state index in [1.165, 1.54) is 32.1 Å². The summed E-state index contributed by atoms with van der Waals surface area (Å²) in [6, 6.07) is 7.09. The van der Waals surface area contributed by atoms with Gasteiger partial charge >= 0.3 is 0 Å². The number of carbonyl (C=O) groups is 1. The molecule has 0 bridgehead atoms. The van der Waals surface area contributed by atoms with Gasteiger partial charge in [-0.2, -0.15) is 0 Å². The van der Waals surface area contributed by atoms with E-state index >= 15 is 0 Å². The van der Waals surface area contributed by atoms with Gasteiger partial charge in [-0.1, -0.05) is 25.3 Å². The lowest BCUT2D eigenvalue weighted by atomic mass is 9.87. The standard InChI is InChI=1S/C21H26N4O2/c26-19-13-18(23-21(24-19)17-8-4-5-10-22-17)16-9-11-25(14-16)20(27)12-15-6-2-1-3-7-15/h4-5,8,10,13,15-16H,1-3,6-7,9,11-12,14H2,(H,23,24,26). The maximum absolute atomic E-state index is 12.7. The molecule has 4 rings (SSSR count). The van der Waals surface area contributed by atoms with E-state index in [-0.39, 0.29) is 17.4 Å². The average Bonchev–Trinajstić information content (AvgIpc) is 3.19. The molecule has 2 aromatic rings. The minimum Gasteiger partial charge on any atom is -0.342 e. The third-order valence-corrected chi connectivity index (χ3v) is 5.82. The Kier molecular flexibility index (Phi) is 5.32. The Morgan fingerprint density at radius 2 is 2.04 bits per heavy atom. The fourth-order valence-electron chi connectivity index (χ4n) is 4.31. The molecule has 0 radical (unpaired) electrons. The fraction of sp³-hybridized carbons (Fsp3) is 0.524. The molecule has 27 heavy (non-hydrogen) atoms. The normalized spacial score (nSPS) is 20.7. The van der Waals surface area contributed by atoms with Crippen LogP contribution in [0.3, 0.4) is 0 Å². The van der Waals surface area contributed by atoms with Crippen LogP contribution in [0.25, 0.3) is 11.5 Å². The highest BCUT2D eigenvalue weighted by Crippen LogP contribution is 2.30. The van der Waals surface area contributed by atoms with Crippen LogP contribution in [0.1, 0.15) is 56.6 Å². The Morgan fingerprint density at radius 1 is 1.19 bits per heavy atom. The van der Waals surface area contributed by atoms with Crippen LogP contribution in [0.5, 0.6) is 0 Å². The molecule has 1 N–H and O–H groups in total. The van der Waals surface area contributed by atoms with Gasteiger partial charge in [-0.3, -0.25) is 14.6 Å². The van der Waals surface area contributed by atoms with E-state index < -0.39 is 0 Å². The zero-order valence-electron chi connectivity index (χ0n) is 15.6. The fourth-order valence-corrected chi connectivity index (χ4v) is 4.31. The Morgan fingerprint density at radius 3 is 2.81 bits per heavy atom. The third-order valence-electron chi connectivity index (χ3n) is 5.82. The molecule has 6 nitrogen and oxygen atoms in total. The summed E-state index contributed by atoms with van der Waals surface area (Å²) >= 11 is 0. The van der Waals surface area contributed by atoms with Gasteiger partial charge in [0, 0.05) is 37.7 Å². The lowest BCUT2D eigenvalue weighted by molar-refractivity contribution is -0.131. The molecule has 2 fully saturated rings. The molecule has 1 amide bonds. The first kappa shape index (κ1) is 17.9. The molecule has 1 saturated carbocycles. The van der Waals surface area contributed by atoms with Crippen molar-refractivity contribution < 1.29 is 4.79 Å². The van der Waals surface area contributed by atoms with Gasteiger partial charge in [0.25, 0.3) is 5.56 Å². The summed E-state index contributed by atoms with van der Waals surface area (Å²) in [5.74, 6) is 1.42. The predicted molar refractivity (Wildman–Crippen MR) is 103 cm³/mol. The second kappa shape index (κ2) is 8.03. The Balaban J connectivity index is 1.45. The van der Waals surface area contributed by atoms with Gasteiger partial charge in [-0.15, -0.1) is 0 Å². The highest BCUT2D eigenvalue weighted by molar-refractivity contribution is 5.76. The monoisotopic (exact) mass is 366 g/mol. The van der Waals surface area contributed by atoms with Crippen molar-refractivity contribution in [3.8, 4) is 11.5 Å². The van der Waals surface area contributed by atoms with Gasteiger partial charge in [-0.05, 0) is 37.3 Å². The second-order valence-electron chi connectivity index (χ2n) is 7.77. The molecule has 3 heterocycles.